The van der Waals surface area contributed by atoms with Crippen molar-refractivity contribution in [3.05, 3.63) is 29.3 Å². The SMILES string of the molecule is O=C1NN=C(c2ccc(NC3CCNCC3)c(C(F)(F)F)c2)CO1. The highest BCUT2D eigenvalue weighted by Crippen LogP contribution is 2.36. The molecule has 2 heterocycles. The van der Waals surface area contributed by atoms with E-state index >= 15 is 0 Å². The number of hydrazone groups is 1. The standard InChI is InChI=1S/C15H17F3N4O2/c16-15(17,18)11-7-9(13-8-24-14(23)22-21-13)1-2-12(11)20-10-3-5-19-6-4-10/h1-2,7,10,19-20H,3-6,8H2,(H,22,23). The minimum atomic E-state index is -4.50. The molecule has 9 heteroatoms. The van der Waals surface area contributed by atoms with E-state index in [1.807, 2.05) is 0 Å². The van der Waals surface area contributed by atoms with Gasteiger partial charge >= 0.3 is 12.3 Å². The van der Waals surface area contributed by atoms with Crippen molar-refractivity contribution in [3.8, 4) is 0 Å². The number of amides is 1. The lowest BCUT2D eigenvalue weighted by atomic mass is 10.0. The van der Waals surface area contributed by atoms with Gasteiger partial charge in [0.15, 0.2) is 0 Å². The van der Waals surface area contributed by atoms with Crippen molar-refractivity contribution in [1.82, 2.24) is 10.7 Å². The second kappa shape index (κ2) is 6.68. The highest BCUT2D eigenvalue weighted by molar-refractivity contribution is 6.04. The van der Waals surface area contributed by atoms with Crippen LogP contribution in [0.2, 0.25) is 0 Å². The number of piperidine rings is 1. The monoisotopic (exact) mass is 342 g/mol. The molecular formula is C15H17F3N4O2. The molecule has 1 aromatic rings. The van der Waals surface area contributed by atoms with E-state index in [2.05, 4.69) is 21.2 Å². The molecule has 3 N–H and O–H groups in total. The Balaban J connectivity index is 1.87. The third-order valence-electron chi connectivity index (χ3n) is 3.98. The van der Waals surface area contributed by atoms with Crippen molar-refractivity contribution in [1.29, 1.82) is 0 Å². The number of rotatable bonds is 3. The van der Waals surface area contributed by atoms with E-state index in [1.54, 1.807) is 0 Å². The molecule has 1 amide bonds. The van der Waals surface area contributed by atoms with Gasteiger partial charge in [-0.2, -0.15) is 18.3 Å². The van der Waals surface area contributed by atoms with Crippen LogP contribution in [0, 0.1) is 0 Å². The summed E-state index contributed by atoms with van der Waals surface area (Å²) < 4.78 is 45.0. The Hall–Kier alpha value is -2.29. The van der Waals surface area contributed by atoms with Crippen LogP contribution < -0.4 is 16.1 Å². The fourth-order valence-corrected chi connectivity index (χ4v) is 2.73. The minimum Gasteiger partial charge on any atom is -0.442 e. The smallest absolute Gasteiger partial charge is 0.428 e. The average Bonchev–Trinajstić information content (AvgIpc) is 2.56. The lowest BCUT2D eigenvalue weighted by Gasteiger charge is -2.26. The Morgan fingerprint density at radius 1 is 1.25 bits per heavy atom. The molecule has 0 spiro atoms. The van der Waals surface area contributed by atoms with Crippen LogP contribution in [0.4, 0.5) is 23.7 Å². The van der Waals surface area contributed by atoms with Gasteiger partial charge in [-0.05, 0) is 38.1 Å². The predicted octanol–water partition coefficient (Wildman–Crippen LogP) is 2.31. The Bertz CT molecular complexity index is 655. The minimum absolute atomic E-state index is 0.00726. The molecule has 2 aliphatic heterocycles. The van der Waals surface area contributed by atoms with Crippen molar-refractivity contribution in [2.24, 2.45) is 5.10 Å². The second-order valence-corrected chi connectivity index (χ2v) is 5.67. The fourth-order valence-electron chi connectivity index (χ4n) is 2.73. The van der Waals surface area contributed by atoms with Crippen molar-refractivity contribution >= 4 is 17.5 Å². The molecule has 2 aliphatic rings. The van der Waals surface area contributed by atoms with Crippen LogP contribution in [0.1, 0.15) is 24.0 Å². The molecule has 0 saturated carbocycles. The van der Waals surface area contributed by atoms with Crippen LogP contribution in [0.15, 0.2) is 23.3 Å². The Kier molecular flexibility index (Phi) is 4.61. The molecule has 0 radical (unpaired) electrons. The van der Waals surface area contributed by atoms with Gasteiger partial charge in [0.1, 0.15) is 12.3 Å². The summed E-state index contributed by atoms with van der Waals surface area (Å²) in [6.45, 7) is 1.40. The number of carbonyl (C=O) groups excluding carboxylic acids is 1. The van der Waals surface area contributed by atoms with Gasteiger partial charge in [0.2, 0.25) is 0 Å². The van der Waals surface area contributed by atoms with Gasteiger partial charge in [-0.15, -0.1) is 0 Å². The van der Waals surface area contributed by atoms with E-state index in [-0.39, 0.29) is 29.6 Å². The maximum absolute atomic E-state index is 13.4. The van der Waals surface area contributed by atoms with Gasteiger partial charge < -0.3 is 15.4 Å². The summed E-state index contributed by atoms with van der Waals surface area (Å²) in [5.41, 5.74) is 1.90. The van der Waals surface area contributed by atoms with Gasteiger partial charge in [-0.1, -0.05) is 6.07 Å². The van der Waals surface area contributed by atoms with Crippen LogP contribution in [0.3, 0.4) is 0 Å². The molecule has 1 aromatic carbocycles. The summed E-state index contributed by atoms with van der Waals surface area (Å²) >= 11 is 0. The second-order valence-electron chi connectivity index (χ2n) is 5.67. The molecule has 0 aliphatic carbocycles. The molecular weight excluding hydrogens is 325 g/mol. The number of alkyl halides is 3. The van der Waals surface area contributed by atoms with E-state index in [9.17, 15) is 18.0 Å². The number of nitrogens with zero attached hydrogens (tertiary/aromatic N) is 1. The van der Waals surface area contributed by atoms with Gasteiger partial charge in [-0.3, -0.25) is 0 Å². The number of hydrogen-bond donors (Lipinski definition) is 3. The van der Waals surface area contributed by atoms with Crippen molar-refractivity contribution in [3.63, 3.8) is 0 Å². The normalized spacial score (nSPS) is 19.3. The van der Waals surface area contributed by atoms with Crippen LogP contribution in [0.25, 0.3) is 0 Å². The number of halogens is 3. The molecule has 130 valence electrons. The largest absolute Gasteiger partial charge is 0.442 e. The first-order valence-electron chi connectivity index (χ1n) is 7.61. The molecule has 0 bridgehead atoms. The predicted molar refractivity (Wildman–Crippen MR) is 82.0 cm³/mol. The Morgan fingerprint density at radius 2 is 2.00 bits per heavy atom. The quantitative estimate of drug-likeness (QED) is 0.788. The number of anilines is 1. The highest BCUT2D eigenvalue weighted by atomic mass is 19.4. The number of carbonyl (C=O) groups is 1. The van der Waals surface area contributed by atoms with Crippen LogP contribution >= 0.6 is 0 Å². The first-order chi connectivity index (χ1) is 11.4. The zero-order valence-electron chi connectivity index (χ0n) is 12.7. The van der Waals surface area contributed by atoms with Crippen molar-refractivity contribution in [2.75, 3.05) is 25.0 Å². The zero-order valence-corrected chi connectivity index (χ0v) is 12.7. The third-order valence-corrected chi connectivity index (χ3v) is 3.98. The lowest BCUT2D eigenvalue weighted by molar-refractivity contribution is -0.137. The molecule has 1 fully saturated rings. The highest BCUT2D eigenvalue weighted by Gasteiger charge is 2.35. The van der Waals surface area contributed by atoms with E-state index in [4.69, 9.17) is 4.74 Å². The summed E-state index contributed by atoms with van der Waals surface area (Å²) in [6.07, 6.45) is -3.68. The first-order valence-corrected chi connectivity index (χ1v) is 7.61. The summed E-state index contributed by atoms with van der Waals surface area (Å²) in [5.74, 6) is 0. The van der Waals surface area contributed by atoms with E-state index in [0.717, 1.165) is 32.0 Å². The molecule has 0 unspecified atom stereocenters. The molecule has 3 rings (SSSR count). The maximum Gasteiger partial charge on any atom is 0.428 e. The van der Waals surface area contributed by atoms with Crippen molar-refractivity contribution < 1.29 is 22.7 Å². The van der Waals surface area contributed by atoms with Gasteiger partial charge in [0.05, 0.1) is 5.56 Å². The third kappa shape index (κ3) is 3.78. The van der Waals surface area contributed by atoms with Crippen LogP contribution in [-0.2, 0) is 10.9 Å². The molecule has 6 nitrogen and oxygen atoms in total. The Morgan fingerprint density at radius 3 is 2.62 bits per heavy atom. The Labute approximate surface area is 136 Å². The topological polar surface area (TPSA) is 74.8 Å². The number of benzene rings is 1. The van der Waals surface area contributed by atoms with Crippen molar-refractivity contribution in [2.45, 2.75) is 25.1 Å². The number of ether oxygens (including phenoxy) is 1. The summed E-state index contributed by atoms with van der Waals surface area (Å²) in [6, 6.07) is 3.98. The fraction of sp³-hybridized carbons (Fsp3) is 0.467. The van der Waals surface area contributed by atoms with Gasteiger partial charge in [-0.25, -0.2) is 10.2 Å². The summed E-state index contributed by atoms with van der Waals surface area (Å²) in [7, 11) is 0. The average molecular weight is 342 g/mol. The van der Waals surface area contributed by atoms with Gasteiger partial charge in [0.25, 0.3) is 0 Å². The molecule has 0 atom stereocenters. The maximum atomic E-state index is 13.4. The molecule has 24 heavy (non-hydrogen) atoms. The number of nitrogens with one attached hydrogen (secondary N) is 3. The first kappa shape index (κ1) is 16.6. The van der Waals surface area contributed by atoms with E-state index in [1.165, 1.54) is 12.1 Å². The van der Waals surface area contributed by atoms with Gasteiger partial charge in [0, 0.05) is 17.3 Å². The van der Waals surface area contributed by atoms with Crippen LogP contribution in [-0.4, -0.2) is 37.5 Å². The number of cyclic esters (lactones) is 1. The molecule has 0 aromatic heterocycles. The van der Waals surface area contributed by atoms with E-state index in [0.29, 0.717) is 0 Å². The zero-order chi connectivity index (χ0) is 17.2. The number of hydrogen-bond acceptors (Lipinski definition) is 5. The summed E-state index contributed by atoms with van der Waals surface area (Å²) in [4.78, 5) is 10.9. The summed E-state index contributed by atoms with van der Waals surface area (Å²) in [5, 5.41) is 9.91. The van der Waals surface area contributed by atoms with Crippen LogP contribution in [0.5, 0.6) is 0 Å². The van der Waals surface area contributed by atoms with E-state index < -0.39 is 17.8 Å². The lowest BCUT2D eigenvalue weighted by Crippen LogP contribution is -2.35. The molecule has 1 saturated heterocycles.